The van der Waals surface area contributed by atoms with Gasteiger partial charge in [-0.15, -0.1) is 0 Å². The van der Waals surface area contributed by atoms with Gasteiger partial charge in [0.05, 0.1) is 18.4 Å². The van der Waals surface area contributed by atoms with Crippen LogP contribution in [0.5, 0.6) is 0 Å². The minimum atomic E-state index is -0.800. The molecule has 1 saturated heterocycles. The first-order valence-electron chi connectivity index (χ1n) is 13.1. The molecule has 3 amide bonds. The third-order valence-corrected chi connectivity index (χ3v) is 8.24. The number of para-hydroxylation sites is 1. The number of likely N-dealkylation sites (tertiary alicyclic amines) is 1. The van der Waals surface area contributed by atoms with Crippen molar-refractivity contribution in [2.45, 2.75) is 30.3 Å². The number of hydrogen-bond donors (Lipinski definition) is 2. The summed E-state index contributed by atoms with van der Waals surface area (Å²) in [6.07, 6.45) is 6.39. The molecule has 0 atom stereocenters. The Hall–Kier alpha value is -4.37. The third kappa shape index (κ3) is 3.84. The van der Waals surface area contributed by atoms with Crippen molar-refractivity contribution in [2.24, 2.45) is 5.73 Å². The molecule has 8 nitrogen and oxygen atoms in total. The van der Waals surface area contributed by atoms with E-state index < -0.39 is 11.2 Å². The fraction of sp³-hybridized carbons (Fsp3) is 0.267. The SMILES string of the molecule is NC1(CNC(=O)N2CC3(C2)C(=O)N(Cc2ncc4ccccc4c2-c2cncc(F)c2)c2ccccc23)CC1. The average molecular weight is 523 g/mol. The number of carbonyl (C=O) groups excluding carboxylic acids is 2. The molecule has 2 aliphatic heterocycles. The van der Waals surface area contributed by atoms with Crippen LogP contribution in [0.25, 0.3) is 21.9 Å². The molecule has 9 heteroatoms. The molecule has 0 bridgehead atoms. The number of rotatable bonds is 5. The summed E-state index contributed by atoms with van der Waals surface area (Å²) < 4.78 is 14.2. The Labute approximate surface area is 224 Å². The van der Waals surface area contributed by atoms with Crippen molar-refractivity contribution in [3.05, 3.63) is 90.3 Å². The van der Waals surface area contributed by atoms with E-state index in [0.717, 1.165) is 40.4 Å². The highest BCUT2D eigenvalue weighted by atomic mass is 19.1. The smallest absolute Gasteiger partial charge is 0.317 e. The number of halogens is 1. The number of nitrogens with zero attached hydrogens (tertiary/aromatic N) is 4. The van der Waals surface area contributed by atoms with Crippen molar-refractivity contribution >= 4 is 28.4 Å². The Balaban J connectivity index is 1.22. The van der Waals surface area contributed by atoms with Crippen LogP contribution in [0.2, 0.25) is 0 Å². The van der Waals surface area contributed by atoms with Gasteiger partial charge >= 0.3 is 6.03 Å². The van der Waals surface area contributed by atoms with E-state index in [1.807, 2.05) is 48.5 Å². The first kappa shape index (κ1) is 23.7. The third-order valence-electron chi connectivity index (χ3n) is 8.24. The first-order valence-corrected chi connectivity index (χ1v) is 13.1. The predicted molar refractivity (Wildman–Crippen MR) is 145 cm³/mol. The minimum absolute atomic E-state index is 0.0662. The number of nitrogens with one attached hydrogen (secondary N) is 1. The Morgan fingerprint density at radius 2 is 1.82 bits per heavy atom. The number of amides is 3. The number of nitrogens with two attached hydrogens (primary N) is 1. The number of pyridine rings is 2. The van der Waals surface area contributed by atoms with Gasteiger partial charge in [0, 0.05) is 59.8 Å². The summed E-state index contributed by atoms with van der Waals surface area (Å²) in [5.74, 6) is -0.508. The number of urea groups is 1. The van der Waals surface area contributed by atoms with Gasteiger partial charge in [-0.25, -0.2) is 9.18 Å². The molecule has 39 heavy (non-hydrogen) atoms. The summed E-state index contributed by atoms with van der Waals surface area (Å²) >= 11 is 0. The van der Waals surface area contributed by atoms with Crippen molar-refractivity contribution in [1.82, 2.24) is 20.2 Å². The maximum Gasteiger partial charge on any atom is 0.317 e. The van der Waals surface area contributed by atoms with Gasteiger partial charge in [-0.2, -0.15) is 0 Å². The summed E-state index contributed by atoms with van der Waals surface area (Å²) in [6.45, 7) is 1.25. The quantitative estimate of drug-likeness (QED) is 0.416. The van der Waals surface area contributed by atoms with Crippen molar-refractivity contribution in [1.29, 1.82) is 0 Å². The van der Waals surface area contributed by atoms with Gasteiger partial charge in [0.1, 0.15) is 11.2 Å². The number of anilines is 1. The van der Waals surface area contributed by atoms with Crippen molar-refractivity contribution < 1.29 is 14.0 Å². The van der Waals surface area contributed by atoms with Crippen LogP contribution < -0.4 is 16.0 Å². The highest BCUT2D eigenvalue weighted by molar-refractivity contribution is 6.10. The van der Waals surface area contributed by atoms with Crippen LogP contribution in [0.4, 0.5) is 14.9 Å². The molecule has 2 fully saturated rings. The minimum Gasteiger partial charge on any atom is -0.336 e. The van der Waals surface area contributed by atoms with Gasteiger partial charge in [-0.1, -0.05) is 42.5 Å². The van der Waals surface area contributed by atoms with E-state index in [2.05, 4.69) is 10.3 Å². The lowest BCUT2D eigenvalue weighted by Crippen LogP contribution is -2.67. The zero-order valence-corrected chi connectivity index (χ0v) is 21.2. The molecule has 3 aliphatic rings. The van der Waals surface area contributed by atoms with Gasteiger partial charge in [0.2, 0.25) is 5.91 Å². The summed E-state index contributed by atoms with van der Waals surface area (Å²) in [6, 6.07) is 16.7. The molecular weight excluding hydrogens is 495 g/mol. The van der Waals surface area contributed by atoms with E-state index in [0.29, 0.717) is 30.9 Å². The lowest BCUT2D eigenvalue weighted by molar-refractivity contribution is -0.127. The van der Waals surface area contributed by atoms with Crippen LogP contribution in [0, 0.1) is 5.82 Å². The predicted octanol–water partition coefficient (Wildman–Crippen LogP) is 3.74. The van der Waals surface area contributed by atoms with E-state index >= 15 is 0 Å². The molecule has 2 aromatic heterocycles. The molecule has 7 rings (SSSR count). The molecule has 3 N–H and O–H groups in total. The Morgan fingerprint density at radius 1 is 1.05 bits per heavy atom. The molecule has 4 heterocycles. The van der Waals surface area contributed by atoms with Crippen molar-refractivity contribution in [3.8, 4) is 11.1 Å². The number of carbonyl (C=O) groups is 2. The van der Waals surface area contributed by atoms with Crippen molar-refractivity contribution in [3.63, 3.8) is 0 Å². The van der Waals surface area contributed by atoms with E-state index in [4.69, 9.17) is 10.7 Å². The van der Waals surface area contributed by atoms with Crippen LogP contribution in [0.1, 0.15) is 24.1 Å². The largest absolute Gasteiger partial charge is 0.336 e. The van der Waals surface area contributed by atoms with E-state index in [1.165, 1.54) is 12.3 Å². The number of hydrogen-bond acceptors (Lipinski definition) is 5. The van der Waals surface area contributed by atoms with Crippen LogP contribution >= 0.6 is 0 Å². The van der Waals surface area contributed by atoms with Crippen molar-refractivity contribution in [2.75, 3.05) is 24.5 Å². The fourth-order valence-electron chi connectivity index (χ4n) is 5.85. The van der Waals surface area contributed by atoms with E-state index in [-0.39, 0.29) is 24.0 Å². The normalized spacial score (nSPS) is 18.3. The topological polar surface area (TPSA) is 104 Å². The maximum absolute atomic E-state index is 14.2. The summed E-state index contributed by atoms with van der Waals surface area (Å²) in [5, 5.41) is 4.74. The maximum atomic E-state index is 14.2. The number of benzene rings is 2. The Kier molecular flexibility index (Phi) is 5.21. The first-order chi connectivity index (χ1) is 18.9. The highest BCUT2D eigenvalue weighted by Gasteiger charge is 2.59. The lowest BCUT2D eigenvalue weighted by atomic mass is 9.75. The molecule has 1 spiro atoms. The molecule has 0 unspecified atom stereocenters. The second-order valence-corrected chi connectivity index (χ2v) is 10.9. The van der Waals surface area contributed by atoms with E-state index in [9.17, 15) is 14.0 Å². The highest BCUT2D eigenvalue weighted by Crippen LogP contribution is 2.48. The van der Waals surface area contributed by atoms with Crippen LogP contribution in [-0.2, 0) is 16.8 Å². The Morgan fingerprint density at radius 3 is 2.62 bits per heavy atom. The summed E-state index contributed by atoms with van der Waals surface area (Å²) in [4.78, 5) is 39.1. The molecule has 1 aliphatic carbocycles. The van der Waals surface area contributed by atoms with Crippen LogP contribution in [0.3, 0.4) is 0 Å². The average Bonchev–Trinajstić information content (AvgIpc) is 3.61. The molecule has 0 radical (unpaired) electrons. The molecule has 196 valence electrons. The van der Waals surface area contributed by atoms with Crippen LogP contribution in [-0.4, -0.2) is 52.0 Å². The summed E-state index contributed by atoms with van der Waals surface area (Å²) in [5.41, 5.74) is 8.74. The monoisotopic (exact) mass is 522 g/mol. The second kappa shape index (κ2) is 8.57. The standard InChI is InChI=1S/C30H27FN6O2/c31-21-11-20(12-33-14-21)26-22-6-2-1-5-19(22)13-34-24(26)15-37-25-8-4-3-7-23(25)30(27(37)38)17-36(18-30)28(39)35-16-29(32)9-10-29/h1-8,11-14H,9-10,15-18,32H2,(H,35,39). The summed E-state index contributed by atoms with van der Waals surface area (Å²) in [7, 11) is 0. The molecular formula is C30H27FN6O2. The fourth-order valence-corrected chi connectivity index (χ4v) is 5.85. The molecule has 4 aromatic rings. The molecule has 2 aromatic carbocycles. The zero-order valence-electron chi connectivity index (χ0n) is 21.2. The van der Waals surface area contributed by atoms with Gasteiger partial charge in [0.25, 0.3) is 0 Å². The molecule has 1 saturated carbocycles. The lowest BCUT2D eigenvalue weighted by Gasteiger charge is -2.46. The van der Waals surface area contributed by atoms with Gasteiger partial charge < -0.3 is 20.9 Å². The number of fused-ring (bicyclic) bond motifs is 3. The van der Waals surface area contributed by atoms with Gasteiger partial charge in [-0.05, 0) is 35.9 Å². The second-order valence-electron chi connectivity index (χ2n) is 10.9. The van der Waals surface area contributed by atoms with Gasteiger partial charge in [-0.3, -0.25) is 14.8 Å². The van der Waals surface area contributed by atoms with E-state index in [1.54, 1.807) is 22.2 Å². The van der Waals surface area contributed by atoms with Crippen LogP contribution in [0.15, 0.2) is 73.2 Å². The zero-order chi connectivity index (χ0) is 26.8. The number of aromatic nitrogens is 2. The van der Waals surface area contributed by atoms with Gasteiger partial charge in [0.15, 0.2) is 0 Å². The Bertz CT molecular complexity index is 1650.